The molecule has 0 radical (unpaired) electrons. The fourth-order valence-electron chi connectivity index (χ4n) is 3.46. The Morgan fingerprint density at radius 1 is 1.21 bits per heavy atom. The summed E-state index contributed by atoms with van der Waals surface area (Å²) in [5.41, 5.74) is 4.16. The first-order valence-corrected chi connectivity index (χ1v) is 9.97. The third-order valence-electron chi connectivity index (χ3n) is 4.72. The molecule has 0 spiro atoms. The number of hydrogen-bond donors (Lipinski definition) is 1. The largest absolute Gasteiger partial charge is 0.360 e. The number of nitrogens with one attached hydrogen (secondary N) is 1. The van der Waals surface area contributed by atoms with Gasteiger partial charge in [0.25, 0.3) is 0 Å². The van der Waals surface area contributed by atoms with Crippen LogP contribution in [0.5, 0.6) is 0 Å². The SMILES string of the molecule is CCC(NS(=O)(=O)c1c(C)noc1C)c1ccc2c(c1)CCCC2. The van der Waals surface area contributed by atoms with Crippen LogP contribution in [0.25, 0.3) is 0 Å². The average Bonchev–Trinajstić information content (AvgIpc) is 2.91. The number of nitrogens with zero attached hydrogens (tertiary/aromatic N) is 1. The lowest BCUT2D eigenvalue weighted by Gasteiger charge is -2.21. The van der Waals surface area contributed by atoms with Gasteiger partial charge in [0.1, 0.15) is 10.6 Å². The van der Waals surface area contributed by atoms with Gasteiger partial charge in [0.15, 0.2) is 5.76 Å². The Balaban J connectivity index is 1.90. The van der Waals surface area contributed by atoms with Crippen molar-refractivity contribution < 1.29 is 12.9 Å². The number of fused-ring (bicyclic) bond motifs is 1. The zero-order chi connectivity index (χ0) is 17.3. The quantitative estimate of drug-likeness (QED) is 0.896. The molecular weight excluding hydrogens is 324 g/mol. The monoisotopic (exact) mass is 348 g/mol. The molecule has 1 unspecified atom stereocenters. The Morgan fingerprint density at radius 3 is 2.54 bits per heavy atom. The number of aromatic nitrogens is 1. The highest BCUT2D eigenvalue weighted by molar-refractivity contribution is 7.89. The summed E-state index contributed by atoms with van der Waals surface area (Å²) in [6.07, 6.45) is 5.33. The second kappa shape index (κ2) is 6.69. The van der Waals surface area contributed by atoms with Gasteiger partial charge in [-0.1, -0.05) is 30.3 Å². The zero-order valence-electron chi connectivity index (χ0n) is 14.4. The Hall–Kier alpha value is -1.66. The number of sulfonamides is 1. The highest BCUT2D eigenvalue weighted by atomic mass is 32.2. The van der Waals surface area contributed by atoms with Gasteiger partial charge in [-0.25, -0.2) is 13.1 Å². The van der Waals surface area contributed by atoms with E-state index in [4.69, 9.17) is 4.52 Å². The van der Waals surface area contributed by atoms with Crippen LogP contribution >= 0.6 is 0 Å². The lowest BCUT2D eigenvalue weighted by molar-refractivity contribution is 0.390. The van der Waals surface area contributed by atoms with Crippen molar-refractivity contribution in [2.75, 3.05) is 0 Å². The standard InChI is InChI=1S/C18H24N2O3S/c1-4-17(16-10-9-14-7-5-6-8-15(14)11-16)20-24(21,22)18-12(2)19-23-13(18)3/h9-11,17,20H,4-8H2,1-3H3. The first kappa shape index (κ1) is 17.2. The molecule has 0 bridgehead atoms. The first-order valence-electron chi connectivity index (χ1n) is 8.49. The summed E-state index contributed by atoms with van der Waals surface area (Å²) < 4.78 is 33.3. The Labute approximate surface area is 143 Å². The van der Waals surface area contributed by atoms with E-state index in [9.17, 15) is 8.42 Å². The number of benzene rings is 1. The fourth-order valence-corrected chi connectivity index (χ4v) is 5.10. The van der Waals surface area contributed by atoms with Gasteiger partial charge in [0, 0.05) is 6.04 Å². The molecule has 1 N–H and O–H groups in total. The molecule has 24 heavy (non-hydrogen) atoms. The summed E-state index contributed by atoms with van der Waals surface area (Å²) in [4.78, 5) is 0.152. The predicted octanol–water partition coefficient (Wildman–Crippen LogP) is 3.60. The normalized spacial score (nSPS) is 16.0. The third-order valence-corrected chi connectivity index (χ3v) is 6.43. The van der Waals surface area contributed by atoms with Gasteiger partial charge in [0.05, 0.1) is 0 Å². The predicted molar refractivity (Wildman–Crippen MR) is 92.4 cm³/mol. The molecule has 1 aliphatic rings. The molecule has 0 saturated heterocycles. The van der Waals surface area contributed by atoms with E-state index in [0.717, 1.165) is 18.4 Å². The summed E-state index contributed by atoms with van der Waals surface area (Å²) in [5.74, 6) is 0.320. The van der Waals surface area contributed by atoms with Crippen molar-refractivity contribution in [1.29, 1.82) is 0 Å². The molecule has 6 heteroatoms. The number of hydrogen-bond acceptors (Lipinski definition) is 4. The minimum Gasteiger partial charge on any atom is -0.360 e. The van der Waals surface area contributed by atoms with E-state index < -0.39 is 10.0 Å². The smallest absolute Gasteiger partial charge is 0.246 e. The van der Waals surface area contributed by atoms with Crippen LogP contribution in [-0.2, 0) is 22.9 Å². The molecule has 1 atom stereocenters. The molecule has 0 aliphatic heterocycles. The fraction of sp³-hybridized carbons (Fsp3) is 0.500. The highest BCUT2D eigenvalue weighted by Gasteiger charge is 2.27. The molecule has 130 valence electrons. The summed E-state index contributed by atoms with van der Waals surface area (Å²) in [6, 6.07) is 6.11. The molecule has 5 nitrogen and oxygen atoms in total. The second-order valence-corrected chi connectivity index (χ2v) is 8.12. The molecule has 2 aromatic rings. The van der Waals surface area contributed by atoms with Gasteiger partial charge in [-0.15, -0.1) is 0 Å². The summed E-state index contributed by atoms with van der Waals surface area (Å²) in [7, 11) is -3.67. The van der Waals surface area contributed by atoms with E-state index in [2.05, 4.69) is 22.0 Å². The van der Waals surface area contributed by atoms with Crippen LogP contribution < -0.4 is 4.72 Å². The van der Waals surface area contributed by atoms with Crippen LogP contribution in [0.2, 0.25) is 0 Å². The van der Waals surface area contributed by atoms with Crippen molar-refractivity contribution >= 4 is 10.0 Å². The van der Waals surface area contributed by atoms with E-state index in [1.807, 2.05) is 13.0 Å². The Kier molecular flexibility index (Phi) is 4.78. The van der Waals surface area contributed by atoms with E-state index in [1.165, 1.54) is 24.0 Å². The van der Waals surface area contributed by atoms with Crippen molar-refractivity contribution in [2.45, 2.75) is 63.8 Å². The maximum absolute atomic E-state index is 12.8. The van der Waals surface area contributed by atoms with Gasteiger partial charge in [-0.2, -0.15) is 0 Å². The molecule has 1 aromatic heterocycles. The van der Waals surface area contributed by atoms with Gasteiger partial charge in [-0.05, 0) is 62.6 Å². The Morgan fingerprint density at radius 2 is 1.92 bits per heavy atom. The van der Waals surface area contributed by atoms with E-state index in [0.29, 0.717) is 17.9 Å². The summed E-state index contributed by atoms with van der Waals surface area (Å²) in [6.45, 7) is 5.25. The van der Waals surface area contributed by atoms with Crippen molar-refractivity contribution in [3.05, 3.63) is 46.3 Å². The van der Waals surface area contributed by atoms with Gasteiger partial charge < -0.3 is 4.52 Å². The van der Waals surface area contributed by atoms with Gasteiger partial charge >= 0.3 is 0 Å². The van der Waals surface area contributed by atoms with Crippen LogP contribution in [0.4, 0.5) is 0 Å². The summed E-state index contributed by atoms with van der Waals surface area (Å²) >= 11 is 0. The average molecular weight is 348 g/mol. The molecular formula is C18H24N2O3S. The maximum atomic E-state index is 12.8. The number of aryl methyl sites for hydroxylation is 4. The van der Waals surface area contributed by atoms with Gasteiger partial charge in [0.2, 0.25) is 10.0 Å². The topological polar surface area (TPSA) is 72.2 Å². The van der Waals surface area contributed by atoms with Crippen LogP contribution in [0, 0.1) is 13.8 Å². The molecule has 3 rings (SSSR count). The van der Waals surface area contributed by atoms with Crippen LogP contribution in [0.3, 0.4) is 0 Å². The second-order valence-electron chi connectivity index (χ2n) is 6.47. The van der Waals surface area contributed by atoms with E-state index in [-0.39, 0.29) is 10.9 Å². The minimum absolute atomic E-state index is 0.152. The van der Waals surface area contributed by atoms with E-state index >= 15 is 0 Å². The molecule has 1 heterocycles. The van der Waals surface area contributed by atoms with Crippen molar-refractivity contribution in [3.63, 3.8) is 0 Å². The van der Waals surface area contributed by atoms with Crippen molar-refractivity contribution in [1.82, 2.24) is 9.88 Å². The van der Waals surface area contributed by atoms with E-state index in [1.54, 1.807) is 13.8 Å². The van der Waals surface area contributed by atoms with Gasteiger partial charge in [-0.3, -0.25) is 0 Å². The molecule has 0 fully saturated rings. The van der Waals surface area contributed by atoms with Crippen molar-refractivity contribution in [3.8, 4) is 0 Å². The van der Waals surface area contributed by atoms with Crippen molar-refractivity contribution in [2.24, 2.45) is 0 Å². The van der Waals surface area contributed by atoms with Crippen LogP contribution in [0.15, 0.2) is 27.6 Å². The maximum Gasteiger partial charge on any atom is 0.246 e. The van der Waals surface area contributed by atoms with Crippen LogP contribution in [0.1, 0.15) is 60.4 Å². The molecule has 0 amide bonds. The highest BCUT2D eigenvalue weighted by Crippen LogP contribution is 2.28. The minimum atomic E-state index is -3.67. The zero-order valence-corrected chi connectivity index (χ0v) is 15.2. The lowest BCUT2D eigenvalue weighted by atomic mass is 9.89. The molecule has 1 aliphatic carbocycles. The molecule has 0 saturated carbocycles. The number of rotatable bonds is 5. The third kappa shape index (κ3) is 3.26. The van der Waals surface area contributed by atoms with Crippen LogP contribution in [-0.4, -0.2) is 13.6 Å². The summed E-state index contributed by atoms with van der Waals surface area (Å²) in [5, 5.41) is 3.75. The first-order chi connectivity index (χ1) is 11.4. The Bertz CT molecular complexity index is 820. The molecule has 1 aromatic carbocycles. The lowest BCUT2D eigenvalue weighted by Crippen LogP contribution is -2.29.